The molecule has 0 atom stereocenters. The monoisotopic (exact) mass is 463 g/mol. The van der Waals surface area contributed by atoms with Crippen molar-refractivity contribution in [2.45, 2.75) is 59.7 Å². The fourth-order valence-electron chi connectivity index (χ4n) is 3.57. The molecule has 142 valence electrons. The minimum atomic E-state index is -0.246. The van der Waals surface area contributed by atoms with E-state index < -0.39 is 0 Å². The molecule has 1 aromatic rings. The van der Waals surface area contributed by atoms with Crippen molar-refractivity contribution < 1.29 is 9.32 Å². The number of piperazine rings is 1. The lowest BCUT2D eigenvalue weighted by atomic mass is 9.96. The first-order valence-electron chi connectivity index (χ1n) is 8.37. The molecule has 1 aliphatic rings. The van der Waals surface area contributed by atoms with Crippen LogP contribution in [0.5, 0.6) is 0 Å². The molecular formula is C17H30IN5O2. The Morgan fingerprint density at radius 2 is 2.04 bits per heavy atom. The van der Waals surface area contributed by atoms with E-state index in [2.05, 4.69) is 43.2 Å². The lowest BCUT2D eigenvalue weighted by Crippen LogP contribution is -2.66. The lowest BCUT2D eigenvalue weighted by molar-refractivity contribution is -0.145. The molecule has 25 heavy (non-hydrogen) atoms. The van der Waals surface area contributed by atoms with Gasteiger partial charge in [-0.15, -0.1) is 24.0 Å². The summed E-state index contributed by atoms with van der Waals surface area (Å²) in [5.74, 6) is 1.65. The molecule has 0 unspecified atom stereocenters. The third kappa shape index (κ3) is 4.65. The van der Waals surface area contributed by atoms with E-state index in [1.165, 1.54) is 0 Å². The summed E-state index contributed by atoms with van der Waals surface area (Å²) in [5.41, 5.74) is 1.66. The van der Waals surface area contributed by atoms with Gasteiger partial charge in [0.15, 0.2) is 5.96 Å². The number of guanidine groups is 1. The summed E-state index contributed by atoms with van der Waals surface area (Å²) in [6.45, 7) is 13.8. The van der Waals surface area contributed by atoms with E-state index >= 15 is 0 Å². The van der Waals surface area contributed by atoms with Crippen LogP contribution in [-0.2, 0) is 11.3 Å². The number of aryl methyl sites for hydroxylation is 2. The number of amides is 1. The van der Waals surface area contributed by atoms with Crippen molar-refractivity contribution in [1.82, 2.24) is 20.3 Å². The third-order valence-corrected chi connectivity index (χ3v) is 4.46. The predicted molar refractivity (Wildman–Crippen MR) is 109 cm³/mol. The van der Waals surface area contributed by atoms with Crippen molar-refractivity contribution >= 4 is 35.8 Å². The van der Waals surface area contributed by atoms with Crippen molar-refractivity contribution in [3.05, 3.63) is 17.0 Å². The summed E-state index contributed by atoms with van der Waals surface area (Å²) in [5, 5.41) is 7.30. The number of aromatic nitrogens is 1. The molecule has 1 aliphatic heterocycles. The van der Waals surface area contributed by atoms with Crippen LogP contribution < -0.4 is 5.32 Å². The van der Waals surface area contributed by atoms with Crippen molar-refractivity contribution in [3.63, 3.8) is 0 Å². The minimum Gasteiger partial charge on any atom is -0.361 e. The molecule has 1 amide bonds. The Balaban J connectivity index is 0.00000312. The van der Waals surface area contributed by atoms with Crippen molar-refractivity contribution in [2.75, 3.05) is 20.1 Å². The van der Waals surface area contributed by atoms with Crippen LogP contribution >= 0.6 is 24.0 Å². The van der Waals surface area contributed by atoms with Crippen LogP contribution in [-0.4, -0.2) is 58.5 Å². The zero-order chi connectivity index (χ0) is 18.1. The van der Waals surface area contributed by atoms with Crippen molar-refractivity contribution in [3.8, 4) is 0 Å². The van der Waals surface area contributed by atoms with E-state index in [9.17, 15) is 4.79 Å². The van der Waals surface area contributed by atoms with Crippen LogP contribution in [0.2, 0.25) is 0 Å². The average molecular weight is 463 g/mol. The van der Waals surface area contributed by atoms with Gasteiger partial charge in [-0.25, -0.2) is 0 Å². The fourth-order valence-corrected chi connectivity index (χ4v) is 3.57. The molecule has 7 nitrogen and oxygen atoms in total. The molecule has 0 saturated carbocycles. The van der Waals surface area contributed by atoms with Crippen LogP contribution in [0.4, 0.5) is 0 Å². The molecule has 1 saturated heterocycles. The molecule has 0 aromatic carbocycles. The van der Waals surface area contributed by atoms with Crippen molar-refractivity contribution in [2.24, 2.45) is 4.99 Å². The summed E-state index contributed by atoms with van der Waals surface area (Å²) in [7, 11) is 1.74. The second-order valence-electron chi connectivity index (χ2n) is 7.23. The zero-order valence-corrected chi connectivity index (χ0v) is 18.5. The van der Waals surface area contributed by atoms with Crippen LogP contribution in [0.3, 0.4) is 0 Å². The minimum absolute atomic E-state index is 0. The summed E-state index contributed by atoms with van der Waals surface area (Å²) in [4.78, 5) is 20.9. The van der Waals surface area contributed by atoms with Gasteiger partial charge in [0.1, 0.15) is 5.76 Å². The molecule has 1 aromatic heterocycles. The molecule has 0 bridgehead atoms. The molecule has 1 N–H and O–H groups in total. The highest BCUT2D eigenvalue weighted by Crippen LogP contribution is 2.24. The van der Waals surface area contributed by atoms with E-state index in [0.717, 1.165) is 29.5 Å². The highest BCUT2D eigenvalue weighted by Gasteiger charge is 2.40. The van der Waals surface area contributed by atoms with Crippen LogP contribution in [0, 0.1) is 13.8 Å². The normalized spacial score (nSPS) is 17.8. The first-order valence-corrected chi connectivity index (χ1v) is 8.37. The van der Waals surface area contributed by atoms with Crippen LogP contribution in [0.25, 0.3) is 0 Å². The number of hydrogen-bond donors (Lipinski definition) is 1. The predicted octanol–water partition coefficient (Wildman–Crippen LogP) is 2.32. The van der Waals surface area contributed by atoms with Gasteiger partial charge in [0.25, 0.3) is 0 Å². The quantitative estimate of drug-likeness (QED) is 0.423. The molecule has 0 spiro atoms. The molecular weight excluding hydrogens is 433 g/mol. The second-order valence-corrected chi connectivity index (χ2v) is 7.23. The van der Waals surface area contributed by atoms with Gasteiger partial charge in [-0.2, -0.15) is 0 Å². The van der Waals surface area contributed by atoms with E-state index in [0.29, 0.717) is 13.1 Å². The number of carbonyl (C=O) groups excluding carboxylic acids is 1. The summed E-state index contributed by atoms with van der Waals surface area (Å²) < 4.78 is 5.19. The maximum Gasteiger partial charge on any atom is 0.242 e. The number of rotatable bonds is 3. The SMILES string of the molecule is CN=C(NCc1c(C)noc1C)N1CC(=O)N(C(C)C)C(C)(C)C1.I. The standard InChI is InChI=1S/C17H29N5O2.HI/c1-11(2)22-15(23)9-21(10-17(22,5)6)16(18-7)19-8-14-12(3)20-24-13(14)4;/h11H,8-10H2,1-7H3,(H,18,19);1H. The van der Waals surface area contributed by atoms with Gasteiger partial charge in [0.2, 0.25) is 5.91 Å². The Morgan fingerprint density at radius 3 is 2.48 bits per heavy atom. The number of aliphatic imine (C=N–C) groups is 1. The number of carbonyl (C=O) groups is 1. The first kappa shape index (κ1) is 21.7. The topological polar surface area (TPSA) is 74.0 Å². The number of halogens is 1. The average Bonchev–Trinajstić information content (AvgIpc) is 2.77. The maximum absolute atomic E-state index is 12.6. The summed E-state index contributed by atoms with van der Waals surface area (Å²) in [6.07, 6.45) is 0. The Kier molecular flexibility index (Phi) is 7.28. The number of nitrogens with one attached hydrogen (secondary N) is 1. The van der Waals surface area contributed by atoms with Gasteiger partial charge in [-0.05, 0) is 41.5 Å². The fraction of sp³-hybridized carbons (Fsp3) is 0.706. The molecule has 1 fully saturated rings. The van der Waals surface area contributed by atoms with Crippen LogP contribution in [0.15, 0.2) is 9.52 Å². The molecule has 2 heterocycles. The number of nitrogens with zero attached hydrogens (tertiary/aromatic N) is 4. The molecule has 0 aliphatic carbocycles. The molecule has 8 heteroatoms. The number of hydrogen-bond acceptors (Lipinski definition) is 4. The summed E-state index contributed by atoms with van der Waals surface area (Å²) in [6, 6.07) is 0.187. The smallest absolute Gasteiger partial charge is 0.242 e. The van der Waals surface area contributed by atoms with Gasteiger partial charge in [0, 0.05) is 31.7 Å². The van der Waals surface area contributed by atoms with E-state index in [1.54, 1.807) is 7.05 Å². The third-order valence-electron chi connectivity index (χ3n) is 4.46. The first-order chi connectivity index (χ1) is 11.2. The Bertz CT molecular complexity index is 619. The van der Waals surface area contributed by atoms with E-state index in [-0.39, 0.29) is 41.5 Å². The van der Waals surface area contributed by atoms with Crippen molar-refractivity contribution in [1.29, 1.82) is 0 Å². The summed E-state index contributed by atoms with van der Waals surface area (Å²) >= 11 is 0. The van der Waals surface area contributed by atoms with Gasteiger partial charge < -0.3 is 19.6 Å². The largest absolute Gasteiger partial charge is 0.361 e. The van der Waals surface area contributed by atoms with Gasteiger partial charge in [-0.1, -0.05) is 5.16 Å². The second kappa shape index (κ2) is 8.37. The maximum atomic E-state index is 12.6. The van der Waals surface area contributed by atoms with Crippen LogP contribution in [0.1, 0.15) is 44.7 Å². The van der Waals surface area contributed by atoms with Gasteiger partial charge in [-0.3, -0.25) is 9.79 Å². The highest BCUT2D eigenvalue weighted by atomic mass is 127. The van der Waals surface area contributed by atoms with Gasteiger partial charge in [0.05, 0.1) is 17.8 Å². The highest BCUT2D eigenvalue weighted by molar-refractivity contribution is 14.0. The zero-order valence-electron chi connectivity index (χ0n) is 16.2. The Morgan fingerprint density at radius 1 is 1.40 bits per heavy atom. The lowest BCUT2D eigenvalue weighted by Gasteiger charge is -2.49. The molecule has 2 rings (SSSR count). The Hall–Kier alpha value is -1.32. The van der Waals surface area contributed by atoms with Gasteiger partial charge >= 0.3 is 0 Å². The Labute approximate surface area is 167 Å². The van der Waals surface area contributed by atoms with E-state index in [1.807, 2.05) is 23.6 Å². The van der Waals surface area contributed by atoms with E-state index in [4.69, 9.17) is 4.52 Å². The molecule has 0 radical (unpaired) electrons.